The van der Waals surface area contributed by atoms with E-state index in [9.17, 15) is 14.7 Å². The van der Waals surface area contributed by atoms with Crippen LogP contribution in [-0.2, 0) is 9.59 Å². The first-order valence-corrected chi connectivity index (χ1v) is 6.67. The van der Waals surface area contributed by atoms with Gasteiger partial charge in [0.2, 0.25) is 0 Å². The van der Waals surface area contributed by atoms with E-state index in [1.807, 2.05) is 33.8 Å². The molecule has 1 aromatic carbocycles. The summed E-state index contributed by atoms with van der Waals surface area (Å²) in [5.41, 5.74) is 2.38. The summed E-state index contributed by atoms with van der Waals surface area (Å²) in [6, 6.07) is 5.46. The van der Waals surface area contributed by atoms with Gasteiger partial charge in [-0.3, -0.25) is 9.59 Å². The highest BCUT2D eigenvalue weighted by atomic mass is 16.3. The zero-order chi connectivity index (χ0) is 15.0. The molecular weight excluding hydrogens is 254 g/mol. The SMILES string of the molecule is Cc1cc(C)cc(/C(O)=C2\C(=O)CN(C(C)C)C2=O)c1. The third kappa shape index (κ3) is 2.46. The standard InChI is InChI=1S/C16H19NO3/c1-9(2)17-8-13(18)14(16(17)20)15(19)12-6-10(3)5-11(4)7-12/h5-7,9,19H,8H2,1-4H3/b15-14-. The number of likely N-dealkylation sites (tertiary alicyclic amines) is 1. The maximum absolute atomic E-state index is 12.2. The molecule has 4 nitrogen and oxygen atoms in total. The number of ketones is 1. The summed E-state index contributed by atoms with van der Waals surface area (Å²) in [6.07, 6.45) is 0. The molecule has 1 saturated heterocycles. The molecule has 0 saturated carbocycles. The molecule has 1 heterocycles. The highest BCUT2D eigenvalue weighted by Crippen LogP contribution is 2.25. The van der Waals surface area contributed by atoms with Crippen molar-refractivity contribution in [1.82, 2.24) is 4.90 Å². The van der Waals surface area contributed by atoms with Gasteiger partial charge < -0.3 is 10.0 Å². The number of hydrogen-bond acceptors (Lipinski definition) is 3. The zero-order valence-corrected chi connectivity index (χ0v) is 12.2. The largest absolute Gasteiger partial charge is 0.506 e. The van der Waals surface area contributed by atoms with Crippen LogP contribution in [0.25, 0.3) is 5.76 Å². The number of rotatable bonds is 2. The zero-order valence-electron chi connectivity index (χ0n) is 12.2. The first-order chi connectivity index (χ1) is 9.31. The predicted octanol–water partition coefficient (Wildman–Crippen LogP) is 2.39. The van der Waals surface area contributed by atoms with Crippen molar-refractivity contribution in [3.05, 3.63) is 40.5 Å². The maximum Gasteiger partial charge on any atom is 0.262 e. The molecule has 1 aliphatic heterocycles. The molecule has 1 aliphatic rings. The quantitative estimate of drug-likeness (QED) is 0.511. The van der Waals surface area contributed by atoms with Crippen LogP contribution in [-0.4, -0.2) is 34.3 Å². The fraction of sp³-hybridized carbons (Fsp3) is 0.375. The number of benzene rings is 1. The Hall–Kier alpha value is -2.10. The fourth-order valence-electron chi connectivity index (χ4n) is 2.47. The molecular formula is C16H19NO3. The van der Waals surface area contributed by atoms with Gasteiger partial charge in [-0.15, -0.1) is 0 Å². The Labute approximate surface area is 118 Å². The summed E-state index contributed by atoms with van der Waals surface area (Å²) in [6.45, 7) is 7.56. The van der Waals surface area contributed by atoms with Gasteiger partial charge in [-0.1, -0.05) is 17.2 Å². The number of Topliss-reactive ketones (excluding diaryl/α,β-unsaturated/α-hetero) is 1. The van der Waals surface area contributed by atoms with Crippen molar-refractivity contribution in [1.29, 1.82) is 0 Å². The second-order valence-corrected chi connectivity index (χ2v) is 5.55. The molecule has 0 atom stereocenters. The number of carbonyl (C=O) groups is 2. The Bertz CT molecular complexity index is 594. The first kappa shape index (κ1) is 14.3. The number of aryl methyl sites for hydroxylation is 2. The van der Waals surface area contributed by atoms with E-state index in [-0.39, 0.29) is 35.6 Å². The van der Waals surface area contributed by atoms with E-state index in [1.54, 1.807) is 12.1 Å². The van der Waals surface area contributed by atoms with Crippen LogP contribution in [0.3, 0.4) is 0 Å². The number of amides is 1. The van der Waals surface area contributed by atoms with Crippen molar-refractivity contribution in [2.24, 2.45) is 0 Å². The van der Waals surface area contributed by atoms with Gasteiger partial charge in [0.1, 0.15) is 11.3 Å². The lowest BCUT2D eigenvalue weighted by Crippen LogP contribution is -2.32. The van der Waals surface area contributed by atoms with Crippen LogP contribution in [0.4, 0.5) is 0 Å². The van der Waals surface area contributed by atoms with Crippen molar-refractivity contribution >= 4 is 17.4 Å². The van der Waals surface area contributed by atoms with Gasteiger partial charge in [0.15, 0.2) is 5.78 Å². The number of nitrogens with zero attached hydrogens (tertiary/aromatic N) is 1. The van der Waals surface area contributed by atoms with Crippen LogP contribution in [0.1, 0.15) is 30.5 Å². The van der Waals surface area contributed by atoms with Gasteiger partial charge in [-0.25, -0.2) is 0 Å². The average molecular weight is 273 g/mol. The molecule has 0 aliphatic carbocycles. The minimum atomic E-state index is -0.387. The summed E-state index contributed by atoms with van der Waals surface area (Å²) in [4.78, 5) is 25.7. The second-order valence-electron chi connectivity index (χ2n) is 5.55. The molecule has 1 fully saturated rings. The third-order valence-electron chi connectivity index (χ3n) is 3.42. The van der Waals surface area contributed by atoms with Crippen LogP contribution in [0.5, 0.6) is 0 Å². The van der Waals surface area contributed by atoms with Crippen LogP contribution < -0.4 is 0 Å². The van der Waals surface area contributed by atoms with Gasteiger partial charge in [-0.05, 0) is 39.8 Å². The van der Waals surface area contributed by atoms with Crippen LogP contribution in [0.2, 0.25) is 0 Å². The van der Waals surface area contributed by atoms with Crippen molar-refractivity contribution < 1.29 is 14.7 Å². The lowest BCUT2D eigenvalue weighted by Gasteiger charge is -2.18. The van der Waals surface area contributed by atoms with Gasteiger partial charge in [0.25, 0.3) is 5.91 Å². The Morgan fingerprint density at radius 1 is 1.15 bits per heavy atom. The van der Waals surface area contributed by atoms with Gasteiger partial charge in [0, 0.05) is 11.6 Å². The Balaban J connectivity index is 2.51. The molecule has 0 aromatic heterocycles. The molecule has 0 spiro atoms. The van der Waals surface area contributed by atoms with Gasteiger partial charge in [0.05, 0.1) is 6.54 Å². The molecule has 1 aromatic rings. The summed E-state index contributed by atoms with van der Waals surface area (Å²) in [5.74, 6) is -0.919. The topological polar surface area (TPSA) is 57.6 Å². The molecule has 2 rings (SSSR count). The highest BCUT2D eigenvalue weighted by molar-refractivity contribution is 6.28. The number of carbonyl (C=O) groups excluding carboxylic acids is 2. The minimum Gasteiger partial charge on any atom is -0.506 e. The Morgan fingerprint density at radius 2 is 1.70 bits per heavy atom. The number of hydrogen-bond donors (Lipinski definition) is 1. The summed E-state index contributed by atoms with van der Waals surface area (Å²) in [7, 11) is 0. The van der Waals surface area contributed by atoms with Crippen molar-refractivity contribution in [2.45, 2.75) is 33.7 Å². The van der Waals surface area contributed by atoms with Crippen LogP contribution >= 0.6 is 0 Å². The molecule has 0 radical (unpaired) electrons. The molecule has 4 heteroatoms. The van der Waals surface area contributed by atoms with E-state index in [2.05, 4.69) is 0 Å². The van der Waals surface area contributed by atoms with E-state index in [0.29, 0.717) is 5.56 Å². The molecule has 106 valence electrons. The lowest BCUT2D eigenvalue weighted by molar-refractivity contribution is -0.126. The van der Waals surface area contributed by atoms with E-state index >= 15 is 0 Å². The second kappa shape index (κ2) is 5.12. The van der Waals surface area contributed by atoms with E-state index in [1.165, 1.54) is 4.90 Å². The van der Waals surface area contributed by atoms with E-state index in [0.717, 1.165) is 11.1 Å². The van der Waals surface area contributed by atoms with Crippen molar-refractivity contribution in [3.63, 3.8) is 0 Å². The summed E-state index contributed by atoms with van der Waals surface area (Å²) in [5, 5.41) is 10.3. The number of aliphatic hydroxyl groups excluding tert-OH is 1. The smallest absolute Gasteiger partial charge is 0.262 e. The summed E-state index contributed by atoms with van der Waals surface area (Å²) >= 11 is 0. The number of aliphatic hydroxyl groups is 1. The predicted molar refractivity (Wildman–Crippen MR) is 77.3 cm³/mol. The molecule has 20 heavy (non-hydrogen) atoms. The monoisotopic (exact) mass is 273 g/mol. The summed E-state index contributed by atoms with van der Waals surface area (Å²) < 4.78 is 0. The normalized spacial score (nSPS) is 18.1. The molecule has 1 amide bonds. The first-order valence-electron chi connectivity index (χ1n) is 6.67. The maximum atomic E-state index is 12.2. The average Bonchev–Trinajstić information content (AvgIpc) is 2.63. The van der Waals surface area contributed by atoms with Crippen LogP contribution in [0, 0.1) is 13.8 Å². The van der Waals surface area contributed by atoms with Crippen LogP contribution in [0.15, 0.2) is 23.8 Å². The molecule has 1 N–H and O–H groups in total. The lowest BCUT2D eigenvalue weighted by atomic mass is 10.0. The Kier molecular flexibility index (Phi) is 3.66. The fourth-order valence-corrected chi connectivity index (χ4v) is 2.47. The Morgan fingerprint density at radius 3 is 2.15 bits per heavy atom. The van der Waals surface area contributed by atoms with Crippen molar-refractivity contribution in [3.8, 4) is 0 Å². The molecule has 0 unspecified atom stereocenters. The third-order valence-corrected chi connectivity index (χ3v) is 3.42. The van der Waals surface area contributed by atoms with Crippen molar-refractivity contribution in [2.75, 3.05) is 6.54 Å². The van der Waals surface area contributed by atoms with E-state index in [4.69, 9.17) is 0 Å². The highest BCUT2D eigenvalue weighted by Gasteiger charge is 2.38. The van der Waals surface area contributed by atoms with Gasteiger partial charge >= 0.3 is 0 Å². The molecule has 0 bridgehead atoms. The van der Waals surface area contributed by atoms with Gasteiger partial charge in [-0.2, -0.15) is 0 Å². The van der Waals surface area contributed by atoms with E-state index < -0.39 is 0 Å². The minimum absolute atomic E-state index is 0.0424.